The molecule has 0 unspecified atom stereocenters. The van der Waals surface area contributed by atoms with Crippen LogP contribution in [0.4, 0.5) is 5.69 Å². The summed E-state index contributed by atoms with van der Waals surface area (Å²) in [4.78, 5) is 10.3. The molecule has 0 aliphatic heterocycles. The van der Waals surface area contributed by atoms with Crippen LogP contribution in [0.2, 0.25) is 0 Å². The van der Waals surface area contributed by atoms with E-state index in [4.69, 9.17) is 10.8 Å². The van der Waals surface area contributed by atoms with Crippen LogP contribution in [-0.4, -0.2) is 11.1 Å². The van der Waals surface area contributed by atoms with E-state index in [-0.39, 0.29) is 18.0 Å². The number of carboxylic acid groups (broad SMARTS) is 1. The summed E-state index contributed by atoms with van der Waals surface area (Å²) in [7, 11) is 0. The largest absolute Gasteiger partial charge is 0.478 e. The van der Waals surface area contributed by atoms with E-state index in [0.717, 1.165) is 0 Å². The van der Waals surface area contributed by atoms with Gasteiger partial charge in [0.25, 0.3) is 0 Å². The van der Waals surface area contributed by atoms with Crippen molar-refractivity contribution in [1.82, 2.24) is 0 Å². The van der Waals surface area contributed by atoms with Crippen LogP contribution < -0.4 is 5.73 Å². The lowest BCUT2D eigenvalue weighted by Gasteiger charge is -1.93. The Bertz CT molecular complexity index is 262. The van der Waals surface area contributed by atoms with Gasteiger partial charge < -0.3 is 10.8 Å². The molecule has 11 heavy (non-hydrogen) atoms. The number of rotatable bonds is 1. The van der Waals surface area contributed by atoms with Crippen LogP contribution in [0.15, 0.2) is 24.3 Å². The minimum Gasteiger partial charge on any atom is -0.478 e. The number of carboxylic acids is 1. The van der Waals surface area contributed by atoms with Crippen molar-refractivity contribution in [3.05, 3.63) is 29.8 Å². The molecule has 0 aliphatic carbocycles. The molecule has 0 atom stereocenters. The molecule has 3 nitrogen and oxygen atoms in total. The normalized spacial score (nSPS) is 8.36. The fourth-order valence-electron chi connectivity index (χ4n) is 0.672. The van der Waals surface area contributed by atoms with Crippen LogP contribution in [0.25, 0.3) is 0 Å². The summed E-state index contributed by atoms with van der Waals surface area (Å²) in [5, 5.41) is 8.45. The Morgan fingerprint density at radius 2 is 2.09 bits per heavy atom. The molecular weight excluding hydrogens is 166 g/mol. The zero-order valence-corrected chi connectivity index (χ0v) is 6.47. The van der Waals surface area contributed by atoms with Crippen molar-refractivity contribution in [2.45, 2.75) is 0 Å². The molecule has 1 aromatic carbocycles. The van der Waals surface area contributed by atoms with Gasteiger partial charge in [0.15, 0.2) is 0 Å². The predicted molar refractivity (Wildman–Crippen MR) is 45.1 cm³/mol. The molecule has 0 radical (unpaired) electrons. The summed E-state index contributed by atoms with van der Waals surface area (Å²) in [6, 6.07) is 6.17. The van der Waals surface area contributed by atoms with Crippen molar-refractivity contribution in [3.63, 3.8) is 0 Å². The topological polar surface area (TPSA) is 63.3 Å². The maximum atomic E-state index is 10.3. The number of anilines is 1. The molecule has 4 heteroatoms. The molecule has 1 rings (SSSR count). The number of aromatic carboxylic acids is 1. The quantitative estimate of drug-likeness (QED) is 0.631. The third-order valence-corrected chi connectivity index (χ3v) is 1.13. The Morgan fingerprint density at radius 3 is 2.45 bits per heavy atom. The highest BCUT2D eigenvalue weighted by Crippen LogP contribution is 2.05. The first-order valence-electron chi connectivity index (χ1n) is 2.79. The third-order valence-electron chi connectivity index (χ3n) is 1.13. The van der Waals surface area contributed by atoms with Crippen molar-refractivity contribution in [3.8, 4) is 0 Å². The van der Waals surface area contributed by atoms with Crippen LogP contribution in [-0.2, 0) is 0 Å². The van der Waals surface area contributed by atoms with Crippen molar-refractivity contribution in [2.24, 2.45) is 0 Å². The number of hydrogen-bond acceptors (Lipinski definition) is 2. The first-order valence-corrected chi connectivity index (χ1v) is 2.79. The summed E-state index contributed by atoms with van der Waals surface area (Å²) in [6.07, 6.45) is 0. The van der Waals surface area contributed by atoms with Gasteiger partial charge in [0, 0.05) is 5.69 Å². The lowest BCUT2D eigenvalue weighted by atomic mass is 10.2. The summed E-state index contributed by atoms with van der Waals surface area (Å²) in [5.74, 6) is -0.952. The van der Waals surface area contributed by atoms with E-state index >= 15 is 0 Å². The second kappa shape index (κ2) is 3.83. The smallest absolute Gasteiger partial charge is 0.335 e. The molecule has 0 fully saturated rings. The molecule has 1 aromatic rings. The SMILES string of the molecule is Cl.Nc1cccc(C(=O)O)c1. The van der Waals surface area contributed by atoms with Crippen LogP contribution in [0.5, 0.6) is 0 Å². The fraction of sp³-hybridized carbons (Fsp3) is 0. The first kappa shape index (κ1) is 9.78. The van der Waals surface area contributed by atoms with Gasteiger partial charge in [-0.25, -0.2) is 4.79 Å². The van der Waals surface area contributed by atoms with Crippen LogP contribution in [0.3, 0.4) is 0 Å². The van der Waals surface area contributed by atoms with Crippen LogP contribution >= 0.6 is 12.4 Å². The molecule has 0 saturated heterocycles. The average Bonchev–Trinajstić information content (AvgIpc) is 1.88. The number of carbonyl (C=O) groups is 1. The number of hydrogen-bond donors (Lipinski definition) is 2. The molecule has 0 spiro atoms. The Labute approximate surface area is 70.2 Å². The van der Waals surface area contributed by atoms with E-state index < -0.39 is 5.97 Å². The van der Waals surface area contributed by atoms with Gasteiger partial charge in [-0.3, -0.25) is 0 Å². The summed E-state index contributed by atoms with van der Waals surface area (Å²) in [6.45, 7) is 0. The molecule has 0 aliphatic rings. The monoisotopic (exact) mass is 173 g/mol. The number of nitrogen functional groups attached to an aromatic ring is 1. The van der Waals surface area contributed by atoms with Crippen LogP contribution in [0, 0.1) is 0 Å². The lowest BCUT2D eigenvalue weighted by molar-refractivity contribution is 0.0697. The first-order chi connectivity index (χ1) is 4.70. The minimum absolute atomic E-state index is 0. The second-order valence-electron chi connectivity index (χ2n) is 1.93. The molecule has 60 valence electrons. The average molecular weight is 174 g/mol. The molecule has 0 heterocycles. The molecular formula is C7H8ClNO2. The van der Waals surface area contributed by atoms with E-state index in [0.29, 0.717) is 5.69 Å². The summed E-state index contributed by atoms with van der Waals surface area (Å²) >= 11 is 0. The summed E-state index contributed by atoms with van der Waals surface area (Å²) < 4.78 is 0. The molecule has 0 bridgehead atoms. The lowest BCUT2D eigenvalue weighted by Crippen LogP contribution is -1.96. The number of nitrogens with two attached hydrogens (primary N) is 1. The van der Waals surface area contributed by atoms with E-state index in [9.17, 15) is 4.79 Å². The Morgan fingerprint density at radius 1 is 1.45 bits per heavy atom. The zero-order valence-electron chi connectivity index (χ0n) is 5.65. The number of halogens is 1. The van der Waals surface area contributed by atoms with Crippen LogP contribution in [0.1, 0.15) is 10.4 Å². The van der Waals surface area contributed by atoms with E-state index in [1.807, 2.05) is 0 Å². The molecule has 0 saturated carbocycles. The highest BCUT2D eigenvalue weighted by molar-refractivity contribution is 5.88. The predicted octanol–water partition coefficient (Wildman–Crippen LogP) is 1.39. The van der Waals surface area contributed by atoms with Crippen molar-refractivity contribution >= 4 is 24.1 Å². The van der Waals surface area contributed by atoms with Crippen molar-refractivity contribution < 1.29 is 9.90 Å². The molecule has 0 amide bonds. The van der Waals surface area contributed by atoms with Gasteiger partial charge in [0.05, 0.1) is 5.56 Å². The van der Waals surface area contributed by atoms with Crippen molar-refractivity contribution in [2.75, 3.05) is 5.73 Å². The third kappa shape index (κ3) is 2.47. The standard InChI is InChI=1S/C7H7NO2.ClH/c8-6-3-1-2-5(4-6)7(9)10;/h1-4H,8H2,(H,9,10);1H. The Balaban J connectivity index is 0.000001000. The highest BCUT2D eigenvalue weighted by atomic mass is 35.5. The maximum absolute atomic E-state index is 10.3. The van der Waals surface area contributed by atoms with E-state index in [2.05, 4.69) is 0 Å². The van der Waals surface area contributed by atoms with Gasteiger partial charge in [-0.15, -0.1) is 12.4 Å². The van der Waals surface area contributed by atoms with Gasteiger partial charge in [-0.1, -0.05) is 6.07 Å². The van der Waals surface area contributed by atoms with Gasteiger partial charge in [0.1, 0.15) is 0 Å². The van der Waals surface area contributed by atoms with Gasteiger partial charge in [0.2, 0.25) is 0 Å². The zero-order chi connectivity index (χ0) is 7.56. The fourth-order valence-corrected chi connectivity index (χ4v) is 0.672. The second-order valence-corrected chi connectivity index (χ2v) is 1.93. The highest BCUT2D eigenvalue weighted by Gasteiger charge is 1.99. The summed E-state index contributed by atoms with van der Waals surface area (Å²) in [5.41, 5.74) is 6.03. The van der Waals surface area contributed by atoms with Gasteiger partial charge in [-0.2, -0.15) is 0 Å². The molecule has 0 aromatic heterocycles. The number of benzene rings is 1. The van der Waals surface area contributed by atoms with Crippen molar-refractivity contribution in [1.29, 1.82) is 0 Å². The van der Waals surface area contributed by atoms with Gasteiger partial charge >= 0.3 is 5.97 Å². The Hall–Kier alpha value is -1.22. The van der Waals surface area contributed by atoms with E-state index in [1.54, 1.807) is 12.1 Å². The van der Waals surface area contributed by atoms with E-state index in [1.165, 1.54) is 12.1 Å². The minimum atomic E-state index is -0.952. The Kier molecular flexibility index (Phi) is 3.40. The maximum Gasteiger partial charge on any atom is 0.335 e. The molecule has 3 N–H and O–H groups in total. The van der Waals surface area contributed by atoms with Gasteiger partial charge in [-0.05, 0) is 18.2 Å².